The fourth-order valence-electron chi connectivity index (χ4n) is 2.18. The summed E-state index contributed by atoms with van der Waals surface area (Å²) in [5.74, 6) is -1.17. The smallest absolute Gasteiger partial charge is 0.352 e. The molecule has 0 amide bonds. The molecule has 0 aliphatic rings. The zero-order chi connectivity index (χ0) is 15.1. The number of rotatable bonds is 2. The molecule has 0 saturated heterocycles. The highest BCUT2D eigenvalue weighted by Gasteiger charge is 2.15. The monoisotopic (exact) mass is 303 g/mol. The fourth-order valence-corrected chi connectivity index (χ4v) is 2.41. The summed E-state index contributed by atoms with van der Waals surface area (Å²) in [5, 5.41) is 13.8. The second kappa shape index (κ2) is 4.75. The third-order valence-electron chi connectivity index (χ3n) is 3.23. The minimum absolute atomic E-state index is 0.0990. The normalized spacial score (nSPS) is 11.0. The van der Waals surface area contributed by atoms with Crippen LogP contribution < -0.4 is 5.56 Å². The Morgan fingerprint density at radius 1 is 1.29 bits per heavy atom. The van der Waals surface area contributed by atoms with E-state index in [4.69, 9.17) is 16.7 Å². The summed E-state index contributed by atoms with van der Waals surface area (Å²) in [4.78, 5) is 23.1. The number of fused-ring (bicyclic) bond motifs is 1. The SMILES string of the molecule is Cn1c(C(=O)O)cc(=O)n2nc(-c3ccccc3Cl)cc12. The van der Waals surface area contributed by atoms with Crippen molar-refractivity contribution in [1.82, 2.24) is 14.2 Å². The Bertz CT molecular complexity index is 927. The second-order valence-electron chi connectivity index (χ2n) is 4.51. The molecule has 0 unspecified atom stereocenters. The van der Waals surface area contributed by atoms with Crippen molar-refractivity contribution in [3.05, 3.63) is 57.5 Å². The van der Waals surface area contributed by atoms with Crippen LogP contribution in [0.5, 0.6) is 0 Å². The van der Waals surface area contributed by atoms with Gasteiger partial charge in [-0.3, -0.25) is 4.79 Å². The molecule has 2 heterocycles. The molecule has 2 aromatic heterocycles. The number of hydrogen-bond donors (Lipinski definition) is 1. The molecule has 21 heavy (non-hydrogen) atoms. The van der Waals surface area contributed by atoms with E-state index in [1.165, 1.54) is 4.57 Å². The van der Waals surface area contributed by atoms with Crippen LogP contribution in [0, 0.1) is 0 Å². The average molecular weight is 304 g/mol. The summed E-state index contributed by atoms with van der Waals surface area (Å²) in [6.45, 7) is 0. The van der Waals surface area contributed by atoms with Crippen LogP contribution in [-0.2, 0) is 7.05 Å². The Balaban J connectivity index is 2.33. The minimum atomic E-state index is -1.17. The van der Waals surface area contributed by atoms with Crippen LogP contribution in [0.2, 0.25) is 5.02 Å². The van der Waals surface area contributed by atoms with Gasteiger partial charge in [0.1, 0.15) is 11.3 Å². The largest absolute Gasteiger partial charge is 0.477 e. The predicted octanol–water partition coefficient (Wildman–Crippen LogP) is 2.05. The molecule has 0 bridgehead atoms. The van der Waals surface area contributed by atoms with Gasteiger partial charge in [-0.05, 0) is 6.07 Å². The van der Waals surface area contributed by atoms with Crippen molar-refractivity contribution in [2.45, 2.75) is 0 Å². The lowest BCUT2D eigenvalue weighted by atomic mass is 10.1. The van der Waals surface area contributed by atoms with Gasteiger partial charge in [-0.2, -0.15) is 9.61 Å². The van der Waals surface area contributed by atoms with E-state index in [2.05, 4.69) is 5.10 Å². The number of benzene rings is 1. The molecule has 3 rings (SSSR count). The Morgan fingerprint density at radius 2 is 2.00 bits per heavy atom. The molecule has 0 aliphatic carbocycles. The summed E-state index contributed by atoms with van der Waals surface area (Å²) in [6.07, 6.45) is 0. The minimum Gasteiger partial charge on any atom is -0.477 e. The first-order valence-electron chi connectivity index (χ1n) is 6.07. The number of carbonyl (C=O) groups is 1. The van der Waals surface area contributed by atoms with E-state index in [0.29, 0.717) is 21.9 Å². The van der Waals surface area contributed by atoms with Crippen molar-refractivity contribution < 1.29 is 9.90 Å². The second-order valence-corrected chi connectivity index (χ2v) is 4.92. The van der Waals surface area contributed by atoms with E-state index in [1.54, 1.807) is 31.3 Å². The highest BCUT2D eigenvalue weighted by Crippen LogP contribution is 2.26. The lowest BCUT2D eigenvalue weighted by Crippen LogP contribution is -2.21. The van der Waals surface area contributed by atoms with E-state index in [0.717, 1.165) is 10.6 Å². The van der Waals surface area contributed by atoms with Gasteiger partial charge in [0, 0.05) is 24.7 Å². The number of aryl methyl sites for hydroxylation is 1. The Morgan fingerprint density at radius 3 is 2.67 bits per heavy atom. The predicted molar refractivity (Wildman–Crippen MR) is 77.8 cm³/mol. The number of aromatic nitrogens is 3. The van der Waals surface area contributed by atoms with Crippen LogP contribution in [0.15, 0.2) is 41.2 Å². The molecular weight excluding hydrogens is 294 g/mol. The van der Waals surface area contributed by atoms with Gasteiger partial charge in [-0.25, -0.2) is 4.79 Å². The maximum atomic E-state index is 12.0. The first kappa shape index (κ1) is 13.4. The van der Waals surface area contributed by atoms with Crippen molar-refractivity contribution in [1.29, 1.82) is 0 Å². The maximum Gasteiger partial charge on any atom is 0.352 e. The number of aromatic carboxylic acids is 1. The molecule has 1 N–H and O–H groups in total. The zero-order valence-electron chi connectivity index (χ0n) is 10.9. The van der Waals surface area contributed by atoms with Crippen molar-refractivity contribution >= 4 is 23.2 Å². The Hall–Kier alpha value is -2.60. The molecule has 0 radical (unpaired) electrons. The third-order valence-corrected chi connectivity index (χ3v) is 3.56. The van der Waals surface area contributed by atoms with E-state index in [-0.39, 0.29) is 5.69 Å². The number of carboxylic acids is 1. The number of halogens is 1. The van der Waals surface area contributed by atoms with Crippen molar-refractivity contribution in [3.63, 3.8) is 0 Å². The summed E-state index contributed by atoms with van der Waals surface area (Å²) >= 11 is 6.12. The molecule has 106 valence electrons. The molecule has 0 fully saturated rings. The lowest BCUT2D eigenvalue weighted by molar-refractivity contribution is 0.0685. The number of nitrogens with zero attached hydrogens (tertiary/aromatic N) is 3. The van der Waals surface area contributed by atoms with Crippen LogP contribution in [-0.4, -0.2) is 25.3 Å². The first-order chi connectivity index (χ1) is 9.99. The molecule has 6 nitrogen and oxygen atoms in total. The van der Waals surface area contributed by atoms with E-state index in [1.807, 2.05) is 6.07 Å². The summed E-state index contributed by atoms with van der Waals surface area (Å²) in [7, 11) is 1.57. The van der Waals surface area contributed by atoms with Gasteiger partial charge in [-0.15, -0.1) is 0 Å². The quantitative estimate of drug-likeness (QED) is 0.786. The summed E-state index contributed by atoms with van der Waals surface area (Å²) in [6, 6.07) is 9.79. The lowest BCUT2D eigenvalue weighted by Gasteiger charge is -2.05. The highest BCUT2D eigenvalue weighted by molar-refractivity contribution is 6.33. The van der Waals surface area contributed by atoms with Crippen molar-refractivity contribution in [2.24, 2.45) is 7.05 Å². The molecule has 7 heteroatoms. The van der Waals surface area contributed by atoms with Crippen LogP contribution in [0.4, 0.5) is 0 Å². The first-order valence-corrected chi connectivity index (χ1v) is 6.45. The van der Waals surface area contributed by atoms with Gasteiger partial charge in [-0.1, -0.05) is 29.8 Å². The van der Waals surface area contributed by atoms with E-state index < -0.39 is 11.5 Å². The average Bonchev–Trinajstić information content (AvgIpc) is 2.89. The molecular formula is C14H10ClN3O3. The van der Waals surface area contributed by atoms with Crippen LogP contribution >= 0.6 is 11.6 Å². The van der Waals surface area contributed by atoms with Crippen LogP contribution in [0.3, 0.4) is 0 Å². The topological polar surface area (TPSA) is 76.6 Å². The van der Waals surface area contributed by atoms with E-state index >= 15 is 0 Å². The summed E-state index contributed by atoms with van der Waals surface area (Å²) in [5.41, 5.74) is 0.974. The highest BCUT2D eigenvalue weighted by atomic mass is 35.5. The number of hydrogen-bond acceptors (Lipinski definition) is 3. The third kappa shape index (κ3) is 2.09. The number of carboxylic acid groups (broad SMARTS) is 1. The van der Waals surface area contributed by atoms with Crippen LogP contribution in [0.25, 0.3) is 16.9 Å². The zero-order valence-corrected chi connectivity index (χ0v) is 11.7. The van der Waals surface area contributed by atoms with Gasteiger partial charge in [0.2, 0.25) is 0 Å². The molecule has 1 aromatic carbocycles. The van der Waals surface area contributed by atoms with Gasteiger partial charge < -0.3 is 9.67 Å². The maximum absolute atomic E-state index is 12.0. The van der Waals surface area contributed by atoms with Gasteiger partial charge in [0.25, 0.3) is 5.56 Å². The molecule has 0 atom stereocenters. The standard InChI is InChI=1S/C14H10ClN3O3/c1-17-11(14(20)21)7-13(19)18-12(17)6-10(16-18)8-4-2-3-5-9(8)15/h2-7H,1H3,(H,20,21). The Kier molecular flexibility index (Phi) is 3.03. The molecule has 3 aromatic rings. The molecule has 0 spiro atoms. The summed E-state index contributed by atoms with van der Waals surface area (Å²) < 4.78 is 2.56. The van der Waals surface area contributed by atoms with Crippen LogP contribution in [0.1, 0.15) is 10.5 Å². The molecule has 0 saturated carbocycles. The van der Waals surface area contributed by atoms with Crippen molar-refractivity contribution in [3.8, 4) is 11.3 Å². The Labute approximate surface area is 123 Å². The van der Waals surface area contributed by atoms with Gasteiger partial charge in [0.05, 0.1) is 10.7 Å². The molecule has 0 aliphatic heterocycles. The van der Waals surface area contributed by atoms with Gasteiger partial charge >= 0.3 is 5.97 Å². The van der Waals surface area contributed by atoms with E-state index in [9.17, 15) is 9.59 Å². The van der Waals surface area contributed by atoms with Gasteiger partial charge in [0.15, 0.2) is 0 Å². The fraction of sp³-hybridized carbons (Fsp3) is 0.0714. The van der Waals surface area contributed by atoms with Crippen molar-refractivity contribution in [2.75, 3.05) is 0 Å².